The van der Waals surface area contributed by atoms with Crippen molar-refractivity contribution >= 4 is 11.7 Å². The zero-order valence-electron chi connectivity index (χ0n) is 11.3. The summed E-state index contributed by atoms with van der Waals surface area (Å²) in [4.78, 5) is 11.6. The maximum Gasteiger partial charge on any atom is 0.319 e. The molecule has 0 heterocycles. The molecule has 2 aromatic rings. The minimum absolute atomic E-state index is 0.124. The lowest BCUT2D eigenvalue weighted by Crippen LogP contribution is -2.32. The minimum Gasteiger partial charge on any atom is -0.387 e. The molecule has 0 aromatic heterocycles. The molecule has 0 aliphatic heterocycles. The maximum atomic E-state index is 13.4. The number of amides is 2. The van der Waals surface area contributed by atoms with Gasteiger partial charge in [0, 0.05) is 6.54 Å². The number of halogens is 3. The Balaban J connectivity index is 1.92. The highest BCUT2D eigenvalue weighted by molar-refractivity contribution is 5.89. The average molecular weight is 310 g/mol. The van der Waals surface area contributed by atoms with Crippen molar-refractivity contribution in [1.29, 1.82) is 0 Å². The molecule has 2 aromatic carbocycles. The van der Waals surface area contributed by atoms with Crippen molar-refractivity contribution in [1.82, 2.24) is 5.32 Å². The minimum atomic E-state index is -1.66. The van der Waals surface area contributed by atoms with Crippen LogP contribution in [-0.4, -0.2) is 17.7 Å². The predicted octanol–water partition coefficient (Wildman–Crippen LogP) is 2.96. The van der Waals surface area contributed by atoms with E-state index in [1.807, 2.05) is 5.32 Å². The first kappa shape index (κ1) is 15.8. The molecule has 0 spiro atoms. The van der Waals surface area contributed by atoms with Crippen molar-refractivity contribution in [2.75, 3.05) is 11.9 Å². The van der Waals surface area contributed by atoms with Crippen molar-refractivity contribution in [2.45, 2.75) is 6.10 Å². The van der Waals surface area contributed by atoms with Gasteiger partial charge in [-0.05, 0) is 17.7 Å². The molecule has 0 unspecified atom stereocenters. The van der Waals surface area contributed by atoms with Crippen LogP contribution in [0, 0.1) is 17.5 Å². The van der Waals surface area contributed by atoms with Gasteiger partial charge in [-0.25, -0.2) is 18.0 Å². The normalized spacial score (nSPS) is 11.8. The van der Waals surface area contributed by atoms with Gasteiger partial charge in [0.25, 0.3) is 0 Å². The van der Waals surface area contributed by atoms with Crippen molar-refractivity contribution in [3.8, 4) is 0 Å². The van der Waals surface area contributed by atoms with Crippen LogP contribution in [0.4, 0.5) is 23.7 Å². The van der Waals surface area contributed by atoms with Gasteiger partial charge in [0.05, 0.1) is 11.8 Å². The molecule has 0 radical (unpaired) electrons. The summed E-state index contributed by atoms with van der Waals surface area (Å²) in [6.07, 6.45) is -0.943. The average Bonchev–Trinajstić information content (AvgIpc) is 2.54. The summed E-state index contributed by atoms with van der Waals surface area (Å²) >= 11 is 0. The van der Waals surface area contributed by atoms with Gasteiger partial charge >= 0.3 is 6.03 Å². The number of hydrogen-bond acceptors (Lipinski definition) is 2. The van der Waals surface area contributed by atoms with Gasteiger partial charge in [-0.15, -0.1) is 0 Å². The van der Waals surface area contributed by atoms with E-state index in [1.54, 1.807) is 30.3 Å². The molecule has 2 rings (SSSR count). The van der Waals surface area contributed by atoms with Crippen molar-refractivity contribution in [3.63, 3.8) is 0 Å². The van der Waals surface area contributed by atoms with Crippen LogP contribution < -0.4 is 10.6 Å². The van der Waals surface area contributed by atoms with Gasteiger partial charge in [-0.2, -0.15) is 0 Å². The predicted molar refractivity (Wildman–Crippen MR) is 74.7 cm³/mol. The highest BCUT2D eigenvalue weighted by Gasteiger charge is 2.15. The molecule has 2 amide bonds. The smallest absolute Gasteiger partial charge is 0.319 e. The second kappa shape index (κ2) is 6.95. The van der Waals surface area contributed by atoms with E-state index in [2.05, 4.69) is 5.32 Å². The summed E-state index contributed by atoms with van der Waals surface area (Å²) in [5.41, 5.74) is 0.104. The molecule has 22 heavy (non-hydrogen) atoms. The van der Waals surface area contributed by atoms with E-state index in [-0.39, 0.29) is 6.54 Å². The number of urea groups is 1. The Kier molecular flexibility index (Phi) is 5.00. The van der Waals surface area contributed by atoms with E-state index in [0.29, 0.717) is 11.6 Å². The van der Waals surface area contributed by atoms with Crippen LogP contribution in [-0.2, 0) is 0 Å². The van der Waals surface area contributed by atoms with Crippen LogP contribution in [0.15, 0.2) is 42.5 Å². The molecule has 4 nitrogen and oxygen atoms in total. The fourth-order valence-corrected chi connectivity index (χ4v) is 1.77. The third-order valence-corrected chi connectivity index (χ3v) is 2.92. The first-order valence-electron chi connectivity index (χ1n) is 6.40. The Labute approximate surface area is 124 Å². The second-order valence-corrected chi connectivity index (χ2v) is 4.48. The molecule has 0 saturated heterocycles. The lowest BCUT2D eigenvalue weighted by molar-refractivity contribution is 0.175. The molecule has 0 fully saturated rings. The third-order valence-electron chi connectivity index (χ3n) is 2.92. The molecule has 1 atom stereocenters. The largest absolute Gasteiger partial charge is 0.387 e. The molecule has 0 bridgehead atoms. The lowest BCUT2D eigenvalue weighted by Gasteiger charge is -2.13. The Morgan fingerprint density at radius 1 is 1.05 bits per heavy atom. The Morgan fingerprint density at radius 3 is 2.41 bits per heavy atom. The number of anilines is 1. The van der Waals surface area contributed by atoms with E-state index in [0.717, 1.165) is 6.07 Å². The molecule has 3 N–H and O–H groups in total. The van der Waals surface area contributed by atoms with E-state index in [1.165, 1.54) is 0 Å². The number of nitrogens with one attached hydrogen (secondary N) is 2. The van der Waals surface area contributed by atoms with E-state index >= 15 is 0 Å². The van der Waals surface area contributed by atoms with Crippen LogP contribution in [0.25, 0.3) is 0 Å². The number of aliphatic hydroxyl groups excluding tert-OH is 1. The Morgan fingerprint density at radius 2 is 1.73 bits per heavy atom. The van der Waals surface area contributed by atoms with Crippen LogP contribution in [0.1, 0.15) is 11.7 Å². The van der Waals surface area contributed by atoms with Crippen molar-refractivity contribution in [3.05, 3.63) is 65.5 Å². The molecule has 0 aliphatic rings. The Bertz CT molecular complexity index is 665. The zero-order chi connectivity index (χ0) is 16.1. The molecule has 0 saturated carbocycles. The fourth-order valence-electron chi connectivity index (χ4n) is 1.77. The third kappa shape index (κ3) is 3.76. The van der Waals surface area contributed by atoms with Gasteiger partial charge < -0.3 is 15.7 Å². The fraction of sp³-hybridized carbons (Fsp3) is 0.133. The number of benzene rings is 2. The summed E-state index contributed by atoms with van der Waals surface area (Å²) in [5, 5.41) is 14.2. The topological polar surface area (TPSA) is 61.4 Å². The van der Waals surface area contributed by atoms with E-state index < -0.39 is 35.3 Å². The Hall–Kier alpha value is -2.54. The van der Waals surface area contributed by atoms with Crippen LogP contribution in [0.2, 0.25) is 0 Å². The number of carbonyl (C=O) groups excluding carboxylic acids is 1. The molecular weight excluding hydrogens is 297 g/mol. The summed E-state index contributed by atoms with van der Waals surface area (Å²) in [7, 11) is 0. The zero-order valence-corrected chi connectivity index (χ0v) is 11.3. The highest BCUT2D eigenvalue weighted by Crippen LogP contribution is 2.19. The summed E-state index contributed by atoms with van der Waals surface area (Å²) in [6.45, 7) is -0.124. The molecule has 116 valence electrons. The molecule has 0 aliphatic carbocycles. The monoisotopic (exact) mass is 310 g/mol. The maximum absolute atomic E-state index is 13.4. The number of carbonyl (C=O) groups is 1. The first-order chi connectivity index (χ1) is 10.5. The van der Waals surface area contributed by atoms with Crippen molar-refractivity contribution < 1.29 is 23.1 Å². The van der Waals surface area contributed by atoms with E-state index in [4.69, 9.17) is 0 Å². The standard InChI is InChI=1S/C15H13F3N2O2/c16-10-6-7-11(14(18)13(10)17)20-15(22)19-8-12(21)9-4-2-1-3-5-9/h1-7,12,21H,8H2,(H2,19,20,22)/t12-/m1/s1. The van der Waals surface area contributed by atoms with Gasteiger partial charge in [-0.3, -0.25) is 0 Å². The molecule has 7 heteroatoms. The number of hydrogen-bond donors (Lipinski definition) is 3. The number of aliphatic hydroxyl groups is 1. The van der Waals surface area contributed by atoms with Gasteiger partial charge in [0.15, 0.2) is 17.5 Å². The first-order valence-corrected chi connectivity index (χ1v) is 6.40. The van der Waals surface area contributed by atoms with Crippen LogP contribution in [0.5, 0.6) is 0 Å². The second-order valence-electron chi connectivity index (χ2n) is 4.48. The summed E-state index contributed by atoms with van der Waals surface area (Å²) in [5.74, 6) is -4.50. The van der Waals surface area contributed by atoms with Crippen LogP contribution in [0.3, 0.4) is 0 Å². The van der Waals surface area contributed by atoms with Gasteiger partial charge in [0.1, 0.15) is 0 Å². The highest BCUT2D eigenvalue weighted by atomic mass is 19.2. The van der Waals surface area contributed by atoms with Gasteiger partial charge in [0.2, 0.25) is 0 Å². The van der Waals surface area contributed by atoms with E-state index in [9.17, 15) is 23.1 Å². The van der Waals surface area contributed by atoms with Crippen LogP contribution >= 0.6 is 0 Å². The number of rotatable bonds is 4. The quantitative estimate of drug-likeness (QED) is 0.760. The summed E-state index contributed by atoms with van der Waals surface area (Å²) in [6, 6.07) is 9.36. The van der Waals surface area contributed by atoms with Crippen molar-refractivity contribution in [2.24, 2.45) is 0 Å². The van der Waals surface area contributed by atoms with Gasteiger partial charge in [-0.1, -0.05) is 30.3 Å². The lowest BCUT2D eigenvalue weighted by atomic mass is 10.1. The summed E-state index contributed by atoms with van der Waals surface area (Å²) < 4.78 is 39.2. The molecular formula is C15H13F3N2O2. The SMILES string of the molecule is O=C(NC[C@@H](O)c1ccccc1)Nc1ccc(F)c(F)c1F.